The fourth-order valence-electron chi connectivity index (χ4n) is 4.56. The molecule has 2 heterocycles. The molecule has 0 unspecified atom stereocenters. The number of methoxy groups -OCH3 is 1. The Morgan fingerprint density at radius 2 is 1.70 bits per heavy atom. The second-order valence-electron chi connectivity index (χ2n) is 9.75. The number of hydrogen-bond acceptors (Lipinski definition) is 5. The first-order valence-electron chi connectivity index (χ1n) is 12.8. The van der Waals surface area contributed by atoms with Gasteiger partial charge in [0.1, 0.15) is 23.1 Å². The average Bonchev–Trinajstić information content (AvgIpc) is 3.59. The zero-order valence-electron chi connectivity index (χ0n) is 22.8. The van der Waals surface area contributed by atoms with Crippen LogP contribution in [-0.2, 0) is 5.41 Å². The molecule has 2 aromatic heterocycles. The van der Waals surface area contributed by atoms with Crippen molar-refractivity contribution >= 4 is 23.4 Å². The quantitative estimate of drug-likeness (QED) is 0.126. The molecule has 0 aliphatic heterocycles. The summed E-state index contributed by atoms with van der Waals surface area (Å²) in [6.07, 6.45) is 5.60. The van der Waals surface area contributed by atoms with E-state index in [0.717, 1.165) is 39.4 Å². The predicted molar refractivity (Wildman–Crippen MR) is 158 cm³/mol. The van der Waals surface area contributed by atoms with E-state index in [9.17, 15) is 4.39 Å². The summed E-state index contributed by atoms with van der Waals surface area (Å²) in [6, 6.07) is 20.2. The molecule has 0 spiro atoms. The molecule has 0 radical (unpaired) electrons. The van der Waals surface area contributed by atoms with Crippen LogP contribution in [0, 0.1) is 12.7 Å². The van der Waals surface area contributed by atoms with Crippen molar-refractivity contribution in [2.45, 2.75) is 31.3 Å². The van der Waals surface area contributed by atoms with Gasteiger partial charge in [-0.15, -0.1) is 0 Å². The molecule has 9 heteroatoms. The van der Waals surface area contributed by atoms with Crippen molar-refractivity contribution in [3.8, 4) is 22.9 Å². The smallest absolute Gasteiger partial charge is 0.172 e. The summed E-state index contributed by atoms with van der Waals surface area (Å²) in [5.74, 6) is 2.72. The second kappa shape index (κ2) is 11.8. The van der Waals surface area contributed by atoms with Crippen molar-refractivity contribution in [3.05, 3.63) is 113 Å². The minimum Gasteiger partial charge on any atom is -0.495 e. The number of rotatable bonds is 10. The largest absolute Gasteiger partial charge is 0.495 e. The molecular weight excluding hydrogens is 547 g/mol. The lowest BCUT2D eigenvalue weighted by molar-refractivity contribution is 0.344. The van der Waals surface area contributed by atoms with E-state index in [4.69, 9.17) is 26.1 Å². The van der Waals surface area contributed by atoms with Crippen molar-refractivity contribution in [3.63, 3.8) is 0 Å². The van der Waals surface area contributed by atoms with E-state index in [2.05, 4.69) is 23.4 Å². The molecule has 0 atom stereocenters. The number of aryl methyl sites for hydroxylation is 1. The van der Waals surface area contributed by atoms with Gasteiger partial charge in [-0.2, -0.15) is 0 Å². The van der Waals surface area contributed by atoms with Gasteiger partial charge >= 0.3 is 0 Å². The third kappa shape index (κ3) is 5.74. The van der Waals surface area contributed by atoms with Gasteiger partial charge in [-0.1, -0.05) is 43.3 Å². The Morgan fingerprint density at radius 3 is 2.38 bits per heavy atom. The maximum atomic E-state index is 13.8. The zero-order valence-corrected chi connectivity index (χ0v) is 24.3. The molecule has 0 fully saturated rings. The van der Waals surface area contributed by atoms with Crippen LogP contribution in [0.15, 0.2) is 90.5 Å². The fourth-order valence-corrected chi connectivity index (χ4v) is 5.56. The number of imidazole rings is 2. The lowest BCUT2D eigenvalue weighted by Crippen LogP contribution is -2.23. The highest BCUT2D eigenvalue weighted by atomic mass is 35.5. The molecule has 3 aromatic carbocycles. The summed E-state index contributed by atoms with van der Waals surface area (Å²) in [4.78, 5) is 9.05. The minimum atomic E-state index is -0.454. The SMILES string of the molecule is COc1cc(C(C)(C)c2cnc(SCCOc3ccc(-n4ccnc4C)cc3)n2-c2ccc(F)cc2)ccc1Cl. The van der Waals surface area contributed by atoms with E-state index < -0.39 is 5.41 Å². The normalized spacial score (nSPS) is 11.6. The maximum absolute atomic E-state index is 13.8. The Morgan fingerprint density at radius 1 is 0.975 bits per heavy atom. The maximum Gasteiger partial charge on any atom is 0.172 e. The topological polar surface area (TPSA) is 54.1 Å². The Hall–Kier alpha value is -3.75. The number of halogens is 2. The molecule has 6 nitrogen and oxygen atoms in total. The highest BCUT2D eigenvalue weighted by Gasteiger charge is 2.30. The first-order chi connectivity index (χ1) is 19.3. The van der Waals surface area contributed by atoms with E-state index in [-0.39, 0.29) is 5.82 Å². The zero-order chi connectivity index (χ0) is 28.3. The van der Waals surface area contributed by atoms with E-state index in [1.54, 1.807) is 37.2 Å². The van der Waals surface area contributed by atoms with Crippen LogP contribution >= 0.6 is 23.4 Å². The highest BCUT2D eigenvalue weighted by Crippen LogP contribution is 2.38. The van der Waals surface area contributed by atoms with Crippen LogP contribution in [0.3, 0.4) is 0 Å². The molecular formula is C31H30ClFN4O2S. The molecule has 5 aromatic rings. The Labute approximate surface area is 242 Å². The average molecular weight is 577 g/mol. The Kier molecular flexibility index (Phi) is 8.19. The van der Waals surface area contributed by atoms with Crippen LogP contribution in [-0.4, -0.2) is 38.6 Å². The van der Waals surface area contributed by atoms with Crippen molar-refractivity contribution in [1.82, 2.24) is 19.1 Å². The monoisotopic (exact) mass is 576 g/mol. The Balaban J connectivity index is 1.35. The van der Waals surface area contributed by atoms with Gasteiger partial charge in [-0.3, -0.25) is 4.57 Å². The number of thioether (sulfide) groups is 1. The minimum absolute atomic E-state index is 0.288. The van der Waals surface area contributed by atoms with Gasteiger partial charge in [0, 0.05) is 34.9 Å². The van der Waals surface area contributed by atoms with Gasteiger partial charge in [-0.05, 0) is 73.2 Å². The van der Waals surface area contributed by atoms with Gasteiger partial charge < -0.3 is 14.0 Å². The molecule has 40 heavy (non-hydrogen) atoms. The fraction of sp³-hybridized carbons (Fsp3) is 0.226. The molecule has 0 aliphatic rings. The third-order valence-electron chi connectivity index (χ3n) is 6.85. The lowest BCUT2D eigenvalue weighted by atomic mass is 9.81. The van der Waals surface area contributed by atoms with Gasteiger partial charge in [0.05, 0.1) is 30.6 Å². The van der Waals surface area contributed by atoms with Crippen molar-refractivity contribution < 1.29 is 13.9 Å². The van der Waals surface area contributed by atoms with E-state index >= 15 is 0 Å². The second-order valence-corrected chi connectivity index (χ2v) is 11.2. The number of benzene rings is 3. The lowest BCUT2D eigenvalue weighted by Gasteiger charge is -2.28. The third-order valence-corrected chi connectivity index (χ3v) is 8.08. The van der Waals surface area contributed by atoms with Crippen LogP contribution in [0.1, 0.15) is 30.9 Å². The van der Waals surface area contributed by atoms with Crippen LogP contribution in [0.4, 0.5) is 4.39 Å². The van der Waals surface area contributed by atoms with Crippen LogP contribution in [0.25, 0.3) is 11.4 Å². The first kappa shape index (κ1) is 27.8. The summed E-state index contributed by atoms with van der Waals surface area (Å²) in [6.45, 7) is 6.71. The number of nitrogens with zero attached hydrogens (tertiary/aromatic N) is 4. The summed E-state index contributed by atoms with van der Waals surface area (Å²) in [5, 5.41) is 1.35. The molecule has 5 rings (SSSR count). The highest BCUT2D eigenvalue weighted by molar-refractivity contribution is 7.99. The Bertz CT molecular complexity index is 1600. The predicted octanol–water partition coefficient (Wildman–Crippen LogP) is 7.66. The van der Waals surface area contributed by atoms with Crippen LogP contribution in [0.5, 0.6) is 11.5 Å². The summed E-state index contributed by atoms with van der Waals surface area (Å²) in [7, 11) is 1.60. The molecule has 0 saturated carbocycles. The van der Waals surface area contributed by atoms with Gasteiger partial charge in [-0.25, -0.2) is 14.4 Å². The first-order valence-corrected chi connectivity index (χ1v) is 14.2. The summed E-state index contributed by atoms with van der Waals surface area (Å²) in [5.41, 5.74) is 3.39. The van der Waals surface area contributed by atoms with Gasteiger partial charge in [0.2, 0.25) is 0 Å². The van der Waals surface area contributed by atoms with Gasteiger partial charge in [0.15, 0.2) is 5.16 Å². The van der Waals surface area contributed by atoms with E-state index in [1.807, 2.05) is 66.3 Å². The van der Waals surface area contributed by atoms with Crippen molar-refractivity contribution in [2.75, 3.05) is 19.5 Å². The molecule has 206 valence electrons. The van der Waals surface area contributed by atoms with E-state index in [0.29, 0.717) is 23.1 Å². The van der Waals surface area contributed by atoms with Crippen LogP contribution in [0.2, 0.25) is 5.02 Å². The van der Waals surface area contributed by atoms with Crippen molar-refractivity contribution in [1.29, 1.82) is 0 Å². The summed E-state index contributed by atoms with van der Waals surface area (Å²) >= 11 is 7.88. The molecule has 0 amide bonds. The van der Waals surface area contributed by atoms with E-state index in [1.165, 1.54) is 12.1 Å². The molecule has 0 saturated heterocycles. The van der Waals surface area contributed by atoms with Crippen LogP contribution < -0.4 is 9.47 Å². The number of aromatic nitrogens is 4. The standard InChI is InChI=1S/C31H30ClFN4O2S/c1-21-34-15-16-36(21)24-10-12-26(13-11-24)39-17-18-40-30-35-20-29(37(30)25-8-6-23(33)7-9-25)31(2,3)22-5-14-27(32)28(19-22)38-4/h5-16,19-20H,17-18H2,1-4H3. The molecule has 0 aliphatic carbocycles. The van der Waals surface area contributed by atoms with Gasteiger partial charge in [0.25, 0.3) is 0 Å². The number of hydrogen-bond donors (Lipinski definition) is 0. The molecule has 0 bridgehead atoms. The molecule has 0 N–H and O–H groups in total. The van der Waals surface area contributed by atoms with Crippen molar-refractivity contribution in [2.24, 2.45) is 0 Å². The summed E-state index contributed by atoms with van der Waals surface area (Å²) < 4.78 is 29.4. The number of ether oxygens (including phenoxy) is 2.